The predicted molar refractivity (Wildman–Crippen MR) is 116 cm³/mol. The van der Waals surface area contributed by atoms with Crippen LogP contribution in [0.4, 0.5) is 11.4 Å². The number of anilines is 1. The van der Waals surface area contributed by atoms with Gasteiger partial charge in [-0.15, -0.1) is 0 Å². The van der Waals surface area contributed by atoms with Crippen molar-refractivity contribution in [1.29, 1.82) is 0 Å². The Morgan fingerprint density at radius 1 is 0.968 bits per heavy atom. The summed E-state index contributed by atoms with van der Waals surface area (Å²) in [5.74, 6) is 0.207. The summed E-state index contributed by atoms with van der Waals surface area (Å²) in [5.41, 5.74) is 0.677. The van der Waals surface area contributed by atoms with Crippen molar-refractivity contribution < 1.29 is 24.0 Å². The van der Waals surface area contributed by atoms with Gasteiger partial charge < -0.3 is 25.4 Å². The number of nitrogens with one attached hydrogen (secondary N) is 3. The van der Waals surface area contributed by atoms with E-state index >= 15 is 0 Å². The third-order valence-corrected chi connectivity index (χ3v) is 4.08. The molecular weight excluding hydrogens is 404 g/mol. The second-order valence-electron chi connectivity index (χ2n) is 6.26. The zero-order valence-corrected chi connectivity index (χ0v) is 17.5. The van der Waals surface area contributed by atoms with E-state index in [0.717, 1.165) is 0 Å². The molecule has 0 saturated heterocycles. The van der Waals surface area contributed by atoms with Gasteiger partial charge in [0.25, 0.3) is 11.6 Å². The molecule has 10 heteroatoms. The van der Waals surface area contributed by atoms with Crippen molar-refractivity contribution in [1.82, 2.24) is 10.6 Å². The second kappa shape index (κ2) is 12.0. The van der Waals surface area contributed by atoms with Crippen LogP contribution in [0.1, 0.15) is 24.2 Å². The summed E-state index contributed by atoms with van der Waals surface area (Å²) in [6, 6.07) is 11.1. The fourth-order valence-corrected chi connectivity index (χ4v) is 2.70. The minimum absolute atomic E-state index is 0.0390. The Hall–Kier alpha value is -3.82. The van der Waals surface area contributed by atoms with Gasteiger partial charge in [0.1, 0.15) is 5.69 Å². The Kier molecular flexibility index (Phi) is 9.09. The van der Waals surface area contributed by atoms with E-state index in [9.17, 15) is 19.7 Å². The van der Waals surface area contributed by atoms with E-state index in [0.29, 0.717) is 42.5 Å². The van der Waals surface area contributed by atoms with Gasteiger partial charge in [0, 0.05) is 24.7 Å². The standard InChI is InChI=1S/C21H26N4O6/c1-3-30-18-10-9-15(13-19(18)31-4-2)21(27)24-14-20(26)23-12-11-22-16-7-5-6-8-17(16)25(28)29/h5-10,13,22H,3-4,11-12,14H2,1-2H3,(H,23,26)(H,24,27). The lowest BCUT2D eigenvalue weighted by atomic mass is 10.2. The van der Waals surface area contributed by atoms with Crippen LogP contribution in [-0.4, -0.2) is 49.6 Å². The SMILES string of the molecule is CCOc1ccc(C(=O)NCC(=O)NCCNc2ccccc2[N+](=O)[O-])cc1OCC. The molecule has 2 amide bonds. The number of benzene rings is 2. The molecule has 0 heterocycles. The predicted octanol–water partition coefficient (Wildman–Crippen LogP) is 2.35. The van der Waals surface area contributed by atoms with Gasteiger partial charge >= 0.3 is 0 Å². The molecule has 0 aliphatic heterocycles. The zero-order valence-electron chi connectivity index (χ0n) is 17.5. The molecule has 2 aromatic carbocycles. The molecule has 0 spiro atoms. The number of nitro benzene ring substituents is 1. The highest BCUT2D eigenvalue weighted by Gasteiger charge is 2.13. The molecule has 0 bridgehead atoms. The summed E-state index contributed by atoms with van der Waals surface area (Å²) in [5, 5.41) is 19.1. The first kappa shape index (κ1) is 23.5. The second-order valence-corrected chi connectivity index (χ2v) is 6.26. The fourth-order valence-electron chi connectivity index (χ4n) is 2.70. The topological polar surface area (TPSA) is 132 Å². The maximum absolute atomic E-state index is 12.3. The first-order valence-corrected chi connectivity index (χ1v) is 9.88. The molecule has 10 nitrogen and oxygen atoms in total. The van der Waals surface area contributed by atoms with E-state index in [1.54, 1.807) is 36.4 Å². The Bertz CT molecular complexity index is 918. The molecule has 0 unspecified atom stereocenters. The number of hydrogen-bond acceptors (Lipinski definition) is 7. The fraction of sp³-hybridized carbons (Fsp3) is 0.333. The number of nitrogens with zero attached hydrogens (tertiary/aromatic N) is 1. The molecule has 0 saturated carbocycles. The van der Waals surface area contributed by atoms with Crippen LogP contribution in [0, 0.1) is 10.1 Å². The van der Waals surface area contributed by atoms with Gasteiger partial charge in [0.05, 0.1) is 24.7 Å². The smallest absolute Gasteiger partial charge is 0.292 e. The van der Waals surface area contributed by atoms with Crippen molar-refractivity contribution in [2.24, 2.45) is 0 Å². The maximum atomic E-state index is 12.3. The van der Waals surface area contributed by atoms with Crippen LogP contribution < -0.4 is 25.4 Å². The number of ether oxygens (including phenoxy) is 2. The molecule has 2 aromatic rings. The Labute approximate surface area is 180 Å². The van der Waals surface area contributed by atoms with Crippen LogP contribution in [0.3, 0.4) is 0 Å². The van der Waals surface area contributed by atoms with Crippen molar-refractivity contribution in [3.8, 4) is 11.5 Å². The largest absolute Gasteiger partial charge is 0.490 e. The third kappa shape index (κ3) is 7.18. The molecule has 31 heavy (non-hydrogen) atoms. The van der Waals surface area contributed by atoms with E-state index in [4.69, 9.17) is 9.47 Å². The minimum Gasteiger partial charge on any atom is -0.490 e. The van der Waals surface area contributed by atoms with E-state index in [-0.39, 0.29) is 24.7 Å². The number of rotatable bonds is 12. The molecular formula is C21H26N4O6. The van der Waals surface area contributed by atoms with Gasteiger partial charge in [0.15, 0.2) is 11.5 Å². The third-order valence-electron chi connectivity index (χ3n) is 4.08. The van der Waals surface area contributed by atoms with Gasteiger partial charge in [-0.2, -0.15) is 0 Å². The summed E-state index contributed by atoms with van der Waals surface area (Å²) in [6.07, 6.45) is 0. The number of nitro groups is 1. The normalized spacial score (nSPS) is 10.1. The van der Waals surface area contributed by atoms with Crippen LogP contribution >= 0.6 is 0 Å². The van der Waals surface area contributed by atoms with Crippen LogP contribution in [0.2, 0.25) is 0 Å². The first-order valence-electron chi connectivity index (χ1n) is 9.88. The maximum Gasteiger partial charge on any atom is 0.292 e. The van der Waals surface area contributed by atoms with Crippen LogP contribution in [0.15, 0.2) is 42.5 Å². The summed E-state index contributed by atoms with van der Waals surface area (Å²) < 4.78 is 11.0. The van der Waals surface area contributed by atoms with Crippen molar-refractivity contribution in [3.05, 3.63) is 58.1 Å². The highest BCUT2D eigenvalue weighted by Crippen LogP contribution is 2.28. The molecule has 0 atom stereocenters. The average Bonchev–Trinajstić information content (AvgIpc) is 2.76. The summed E-state index contributed by atoms with van der Waals surface area (Å²) in [4.78, 5) is 34.8. The molecule has 3 N–H and O–H groups in total. The van der Waals surface area contributed by atoms with E-state index in [2.05, 4.69) is 16.0 Å². The lowest BCUT2D eigenvalue weighted by Crippen LogP contribution is -2.38. The Balaban J connectivity index is 1.79. The van der Waals surface area contributed by atoms with E-state index in [1.165, 1.54) is 6.07 Å². The van der Waals surface area contributed by atoms with Gasteiger partial charge in [-0.1, -0.05) is 12.1 Å². The highest BCUT2D eigenvalue weighted by molar-refractivity contribution is 5.97. The number of carbonyl (C=O) groups is 2. The van der Waals surface area contributed by atoms with Crippen molar-refractivity contribution in [2.45, 2.75) is 13.8 Å². The van der Waals surface area contributed by atoms with Gasteiger partial charge in [-0.25, -0.2) is 0 Å². The minimum atomic E-state index is -0.478. The van der Waals surface area contributed by atoms with Crippen molar-refractivity contribution in [2.75, 3.05) is 38.2 Å². The Morgan fingerprint density at radius 3 is 2.39 bits per heavy atom. The zero-order chi connectivity index (χ0) is 22.6. The number of para-hydroxylation sites is 2. The van der Waals surface area contributed by atoms with Gasteiger partial charge in [0.2, 0.25) is 5.91 Å². The molecule has 166 valence electrons. The molecule has 2 rings (SSSR count). The van der Waals surface area contributed by atoms with Gasteiger partial charge in [-0.05, 0) is 38.1 Å². The molecule has 0 fully saturated rings. The summed E-state index contributed by atoms with van der Waals surface area (Å²) >= 11 is 0. The molecule has 0 radical (unpaired) electrons. The number of hydrogen-bond donors (Lipinski definition) is 3. The van der Waals surface area contributed by atoms with Crippen LogP contribution in [-0.2, 0) is 4.79 Å². The summed E-state index contributed by atoms with van der Waals surface area (Å²) in [7, 11) is 0. The molecule has 0 aliphatic carbocycles. The van der Waals surface area contributed by atoms with Crippen LogP contribution in [0.5, 0.6) is 11.5 Å². The molecule has 0 aromatic heterocycles. The monoisotopic (exact) mass is 430 g/mol. The highest BCUT2D eigenvalue weighted by atomic mass is 16.6. The van der Waals surface area contributed by atoms with Crippen LogP contribution in [0.25, 0.3) is 0 Å². The Morgan fingerprint density at radius 2 is 1.68 bits per heavy atom. The van der Waals surface area contributed by atoms with Gasteiger partial charge in [-0.3, -0.25) is 19.7 Å². The van der Waals surface area contributed by atoms with Crippen molar-refractivity contribution >= 4 is 23.2 Å². The van der Waals surface area contributed by atoms with E-state index < -0.39 is 10.8 Å². The lowest BCUT2D eigenvalue weighted by molar-refractivity contribution is -0.384. The average molecular weight is 430 g/mol. The van der Waals surface area contributed by atoms with Crippen molar-refractivity contribution in [3.63, 3.8) is 0 Å². The number of amides is 2. The first-order chi connectivity index (χ1) is 15.0. The summed E-state index contributed by atoms with van der Waals surface area (Å²) in [6.45, 7) is 4.90. The molecule has 0 aliphatic rings. The number of carbonyl (C=O) groups excluding carboxylic acids is 2. The quantitative estimate of drug-likeness (QED) is 0.267. The van der Waals surface area contributed by atoms with E-state index in [1.807, 2.05) is 13.8 Å². The lowest BCUT2D eigenvalue weighted by Gasteiger charge is -2.12.